The highest BCUT2D eigenvalue weighted by atomic mass is 32.2. The molecule has 1 aromatic rings. The zero-order valence-electron chi connectivity index (χ0n) is 11.7. The van der Waals surface area contributed by atoms with E-state index in [1.54, 1.807) is 12.1 Å². The van der Waals surface area contributed by atoms with Crippen molar-refractivity contribution in [3.05, 3.63) is 29.8 Å². The minimum atomic E-state index is -1.92. The summed E-state index contributed by atoms with van der Waals surface area (Å²) in [6.45, 7) is 4.18. The average Bonchev–Trinajstić information content (AvgIpc) is 2.37. The molecule has 0 heterocycles. The van der Waals surface area contributed by atoms with E-state index in [2.05, 4.69) is 0 Å². The van der Waals surface area contributed by atoms with Gasteiger partial charge in [0.25, 0.3) is 0 Å². The lowest BCUT2D eigenvalue weighted by Crippen LogP contribution is -2.32. The molecule has 1 N–H and O–H groups in total. The maximum absolute atomic E-state index is 11.7. The first-order valence-electron chi connectivity index (χ1n) is 6.90. The Morgan fingerprint density at radius 1 is 1.40 bits per heavy atom. The smallest absolute Gasteiger partial charge is 0.308 e. The minimum Gasteiger partial charge on any atom is -0.466 e. The van der Waals surface area contributed by atoms with Gasteiger partial charge >= 0.3 is 5.97 Å². The van der Waals surface area contributed by atoms with Gasteiger partial charge in [0, 0.05) is 0 Å². The van der Waals surface area contributed by atoms with Gasteiger partial charge in [-0.1, -0.05) is 19.1 Å². The van der Waals surface area contributed by atoms with Gasteiger partial charge in [-0.2, -0.15) is 0 Å². The monoisotopic (exact) mass is 296 g/mol. The summed E-state index contributed by atoms with van der Waals surface area (Å²) in [5, 5.41) is 0. The van der Waals surface area contributed by atoms with Crippen LogP contribution in [0.15, 0.2) is 29.2 Å². The van der Waals surface area contributed by atoms with Gasteiger partial charge in [0.05, 0.1) is 17.4 Å². The topological polar surface area (TPSA) is 63.6 Å². The molecule has 0 radical (unpaired) electrons. The van der Waals surface area contributed by atoms with Crippen molar-refractivity contribution in [1.82, 2.24) is 0 Å². The van der Waals surface area contributed by atoms with Crippen LogP contribution in [0.5, 0.6) is 0 Å². The van der Waals surface area contributed by atoms with E-state index in [0.717, 1.165) is 12.8 Å². The molecule has 0 aromatic heterocycles. The number of hydrogen-bond acceptors (Lipinski definition) is 3. The van der Waals surface area contributed by atoms with Crippen LogP contribution in [-0.2, 0) is 20.6 Å². The van der Waals surface area contributed by atoms with E-state index in [1.807, 2.05) is 26.0 Å². The predicted octanol–water partition coefficient (Wildman–Crippen LogP) is 2.96. The Morgan fingerprint density at radius 3 is 2.50 bits per heavy atom. The van der Waals surface area contributed by atoms with E-state index in [9.17, 15) is 9.00 Å². The van der Waals surface area contributed by atoms with E-state index >= 15 is 0 Å². The van der Waals surface area contributed by atoms with E-state index in [4.69, 9.17) is 9.29 Å². The molecule has 1 aromatic carbocycles. The number of benzene rings is 1. The van der Waals surface area contributed by atoms with Crippen molar-refractivity contribution in [2.45, 2.75) is 37.5 Å². The number of ether oxygens (including phenoxy) is 1. The van der Waals surface area contributed by atoms with E-state index < -0.39 is 11.1 Å². The first kappa shape index (κ1) is 15.2. The second kappa shape index (κ2) is 6.50. The molecule has 1 saturated carbocycles. The highest BCUT2D eigenvalue weighted by molar-refractivity contribution is 7.79. The normalized spacial score (nSPS) is 24.6. The zero-order valence-corrected chi connectivity index (χ0v) is 12.6. The highest BCUT2D eigenvalue weighted by Crippen LogP contribution is 2.45. The number of carbonyl (C=O) groups is 1. The Kier molecular flexibility index (Phi) is 4.94. The molecule has 2 atom stereocenters. The summed E-state index contributed by atoms with van der Waals surface area (Å²) in [5.41, 5.74) is 1.17. The maximum Gasteiger partial charge on any atom is 0.308 e. The predicted molar refractivity (Wildman–Crippen MR) is 76.7 cm³/mol. The fourth-order valence-corrected chi connectivity index (χ4v) is 3.03. The second-order valence-electron chi connectivity index (χ2n) is 5.29. The third-order valence-corrected chi connectivity index (χ3v) is 4.77. The van der Waals surface area contributed by atoms with E-state index in [-0.39, 0.29) is 11.9 Å². The van der Waals surface area contributed by atoms with Crippen molar-refractivity contribution in [3.63, 3.8) is 0 Å². The van der Waals surface area contributed by atoms with Gasteiger partial charge in [0.15, 0.2) is 11.1 Å². The summed E-state index contributed by atoms with van der Waals surface area (Å²) in [6.07, 6.45) is 1.95. The maximum atomic E-state index is 11.7. The number of rotatable bonds is 5. The third kappa shape index (κ3) is 3.27. The molecule has 5 heteroatoms. The van der Waals surface area contributed by atoms with Crippen molar-refractivity contribution in [2.24, 2.45) is 11.8 Å². The van der Waals surface area contributed by atoms with Crippen LogP contribution >= 0.6 is 0 Å². The Labute approximate surface area is 121 Å². The van der Waals surface area contributed by atoms with E-state index in [1.165, 1.54) is 5.56 Å². The molecule has 4 nitrogen and oxygen atoms in total. The lowest BCUT2D eigenvalue weighted by molar-refractivity contribution is -0.150. The second-order valence-corrected chi connectivity index (χ2v) is 6.26. The van der Waals surface area contributed by atoms with Crippen molar-refractivity contribution >= 4 is 17.0 Å². The summed E-state index contributed by atoms with van der Waals surface area (Å²) in [6, 6.07) is 7.18. The van der Waals surface area contributed by atoms with Crippen LogP contribution in [0, 0.1) is 11.8 Å². The van der Waals surface area contributed by atoms with E-state index in [0.29, 0.717) is 23.3 Å². The Hall–Kier alpha value is -1.20. The van der Waals surface area contributed by atoms with Crippen molar-refractivity contribution < 1.29 is 18.3 Å². The molecule has 110 valence electrons. The van der Waals surface area contributed by atoms with Gasteiger partial charge in [-0.05, 0) is 49.3 Å². The summed E-state index contributed by atoms with van der Waals surface area (Å²) in [4.78, 5) is 12.1. The van der Waals surface area contributed by atoms with Crippen LogP contribution in [0.4, 0.5) is 0 Å². The van der Waals surface area contributed by atoms with Crippen LogP contribution < -0.4 is 0 Å². The van der Waals surface area contributed by atoms with Gasteiger partial charge in [0.2, 0.25) is 0 Å². The molecule has 2 rings (SSSR count). The van der Waals surface area contributed by atoms with Crippen molar-refractivity contribution in [2.75, 3.05) is 6.61 Å². The molecule has 0 saturated heterocycles. The summed E-state index contributed by atoms with van der Waals surface area (Å²) in [5.74, 6) is 0.668. The molecule has 1 fully saturated rings. The standard InChI is InChI=1S/C15H20O4S/c1-3-19-15(16)10(2)12-8-13(9-12)11-4-6-14(7-5-11)20(17)18/h4-7,10,12-13H,3,8-9H2,1-2H3,(H,17,18). The van der Waals surface area contributed by atoms with Gasteiger partial charge in [-0.3, -0.25) is 4.79 Å². The molecule has 2 unspecified atom stereocenters. The lowest BCUT2D eigenvalue weighted by Gasteiger charge is -2.38. The van der Waals surface area contributed by atoms with Crippen LogP contribution in [0.2, 0.25) is 0 Å². The van der Waals surface area contributed by atoms with Crippen LogP contribution in [0.3, 0.4) is 0 Å². The summed E-state index contributed by atoms with van der Waals surface area (Å²) >= 11 is -1.92. The Bertz CT molecular complexity index is 491. The molecular weight excluding hydrogens is 276 g/mol. The van der Waals surface area contributed by atoms with Gasteiger partial charge in [-0.25, -0.2) is 4.21 Å². The number of carbonyl (C=O) groups excluding carboxylic acids is 1. The largest absolute Gasteiger partial charge is 0.466 e. The van der Waals surface area contributed by atoms with Gasteiger partial charge < -0.3 is 9.29 Å². The minimum absolute atomic E-state index is 0.0459. The van der Waals surface area contributed by atoms with Crippen LogP contribution in [-0.4, -0.2) is 21.3 Å². The van der Waals surface area contributed by atoms with Crippen molar-refractivity contribution in [3.8, 4) is 0 Å². The molecule has 0 amide bonds. The first-order chi connectivity index (χ1) is 9.52. The lowest BCUT2D eigenvalue weighted by atomic mass is 9.66. The van der Waals surface area contributed by atoms with Crippen molar-refractivity contribution in [1.29, 1.82) is 0 Å². The zero-order chi connectivity index (χ0) is 14.7. The number of hydrogen-bond donors (Lipinski definition) is 1. The molecule has 0 spiro atoms. The average molecular weight is 296 g/mol. The fraction of sp³-hybridized carbons (Fsp3) is 0.533. The highest BCUT2D eigenvalue weighted by Gasteiger charge is 2.37. The Balaban J connectivity index is 1.89. The first-order valence-corrected chi connectivity index (χ1v) is 8.01. The molecule has 20 heavy (non-hydrogen) atoms. The van der Waals surface area contributed by atoms with Gasteiger partial charge in [0.1, 0.15) is 0 Å². The SMILES string of the molecule is CCOC(=O)C(C)C1CC(c2ccc(S(=O)O)cc2)C1. The quantitative estimate of drug-likeness (QED) is 0.670. The summed E-state index contributed by atoms with van der Waals surface area (Å²) in [7, 11) is 0. The number of esters is 1. The van der Waals surface area contributed by atoms with Crippen LogP contribution in [0.1, 0.15) is 38.2 Å². The molecule has 1 aliphatic rings. The van der Waals surface area contributed by atoms with Crippen LogP contribution in [0.25, 0.3) is 0 Å². The third-order valence-electron chi connectivity index (χ3n) is 4.09. The molecule has 0 aliphatic heterocycles. The molecule has 1 aliphatic carbocycles. The van der Waals surface area contributed by atoms with Gasteiger partial charge in [-0.15, -0.1) is 0 Å². The Morgan fingerprint density at radius 2 is 2.00 bits per heavy atom. The summed E-state index contributed by atoms with van der Waals surface area (Å²) < 4.78 is 24.9. The fourth-order valence-electron chi connectivity index (χ4n) is 2.66. The molecular formula is C15H20O4S. The molecule has 0 bridgehead atoms.